The summed E-state index contributed by atoms with van der Waals surface area (Å²) < 4.78 is 5.44. The Balaban J connectivity index is 1.93. The molecule has 1 fully saturated rings. The van der Waals surface area contributed by atoms with Crippen molar-refractivity contribution in [2.75, 3.05) is 46.4 Å². The molecule has 0 unspecified atom stereocenters. The molecule has 0 spiro atoms. The van der Waals surface area contributed by atoms with E-state index in [0.29, 0.717) is 49.9 Å². The van der Waals surface area contributed by atoms with Gasteiger partial charge in [-0.05, 0) is 37.8 Å². The van der Waals surface area contributed by atoms with Crippen LogP contribution in [0, 0.1) is 0 Å². The van der Waals surface area contributed by atoms with Crippen molar-refractivity contribution in [2.45, 2.75) is 52.6 Å². The highest BCUT2D eigenvalue weighted by Gasteiger charge is 2.38. The van der Waals surface area contributed by atoms with Gasteiger partial charge in [0.05, 0.1) is 18.2 Å². The summed E-state index contributed by atoms with van der Waals surface area (Å²) in [5.41, 5.74) is 3.11. The zero-order chi connectivity index (χ0) is 25.7. The number of carbonyl (C=O) groups is 3. The van der Waals surface area contributed by atoms with Crippen LogP contribution in [0.3, 0.4) is 0 Å². The van der Waals surface area contributed by atoms with Crippen molar-refractivity contribution in [1.29, 1.82) is 0 Å². The third-order valence-electron chi connectivity index (χ3n) is 6.68. The fraction of sp³-hybridized carbons (Fsp3) is 0.577. The maximum absolute atomic E-state index is 13.2. The van der Waals surface area contributed by atoms with Crippen molar-refractivity contribution < 1.29 is 19.1 Å². The average Bonchev–Trinajstić information content (AvgIpc) is 2.82. The molecule has 1 aromatic carbocycles. The lowest BCUT2D eigenvalue weighted by Gasteiger charge is -2.42. The van der Waals surface area contributed by atoms with Crippen molar-refractivity contribution in [3.63, 3.8) is 0 Å². The first-order valence-electron chi connectivity index (χ1n) is 12.5. The Morgan fingerprint density at radius 3 is 2.43 bits per heavy atom. The molecule has 2 N–H and O–H groups in total. The van der Waals surface area contributed by atoms with Gasteiger partial charge in [0, 0.05) is 51.5 Å². The Bertz CT molecular complexity index is 959. The molecule has 1 saturated heterocycles. The predicted octanol–water partition coefficient (Wildman–Crippen LogP) is 3.06. The molecule has 1 aromatic rings. The number of urea groups is 2. The summed E-state index contributed by atoms with van der Waals surface area (Å²) >= 11 is 0. The van der Waals surface area contributed by atoms with Gasteiger partial charge in [-0.3, -0.25) is 9.80 Å². The molecule has 0 saturated carbocycles. The quantitative estimate of drug-likeness (QED) is 0.579. The summed E-state index contributed by atoms with van der Waals surface area (Å²) in [5.74, 6) is -0.0480. The molecule has 0 aromatic heterocycles. The third kappa shape index (κ3) is 5.96. The molecule has 2 atom stereocenters. The smallest absolute Gasteiger partial charge is 0.338 e. The van der Waals surface area contributed by atoms with Crippen molar-refractivity contribution in [1.82, 2.24) is 25.3 Å². The monoisotopic (exact) mass is 485 g/mol. The number of rotatable bonds is 7. The Kier molecular flexibility index (Phi) is 8.77. The minimum atomic E-state index is -0.594. The zero-order valence-corrected chi connectivity index (χ0v) is 21.8. The van der Waals surface area contributed by atoms with Crippen LogP contribution in [0.25, 0.3) is 0 Å². The van der Waals surface area contributed by atoms with E-state index in [1.54, 1.807) is 14.0 Å². The molecule has 9 heteroatoms. The Morgan fingerprint density at radius 1 is 1.17 bits per heavy atom. The van der Waals surface area contributed by atoms with Crippen LogP contribution in [0.1, 0.15) is 57.7 Å². The highest BCUT2D eigenvalue weighted by Crippen LogP contribution is 2.32. The van der Waals surface area contributed by atoms with E-state index in [-0.39, 0.29) is 24.7 Å². The van der Waals surface area contributed by atoms with E-state index < -0.39 is 12.0 Å². The Hall–Kier alpha value is -3.07. The van der Waals surface area contributed by atoms with Crippen molar-refractivity contribution >= 4 is 18.0 Å². The second kappa shape index (κ2) is 11.6. The van der Waals surface area contributed by atoms with E-state index >= 15 is 0 Å². The predicted molar refractivity (Wildman–Crippen MR) is 135 cm³/mol. The molecule has 2 aliphatic heterocycles. The van der Waals surface area contributed by atoms with Crippen LogP contribution in [-0.4, -0.2) is 85.2 Å². The van der Waals surface area contributed by atoms with Crippen LogP contribution >= 0.6 is 0 Å². The van der Waals surface area contributed by atoms with E-state index in [2.05, 4.69) is 29.4 Å². The van der Waals surface area contributed by atoms with Crippen LogP contribution in [0.5, 0.6) is 0 Å². The highest BCUT2D eigenvalue weighted by molar-refractivity contribution is 5.95. The fourth-order valence-electron chi connectivity index (χ4n) is 4.66. The number of ether oxygens (including phenoxy) is 1. The first kappa shape index (κ1) is 26.5. The topological polar surface area (TPSA) is 94.2 Å². The number of benzene rings is 1. The third-order valence-corrected chi connectivity index (χ3v) is 6.68. The average molecular weight is 486 g/mol. The molecule has 0 aliphatic carbocycles. The van der Waals surface area contributed by atoms with Gasteiger partial charge in [0.1, 0.15) is 0 Å². The lowest BCUT2D eigenvalue weighted by molar-refractivity contribution is -0.139. The maximum atomic E-state index is 13.2. The molecule has 192 valence electrons. The Morgan fingerprint density at radius 2 is 1.86 bits per heavy atom. The number of hydrogen-bond acceptors (Lipinski definition) is 5. The van der Waals surface area contributed by atoms with Gasteiger partial charge < -0.3 is 20.3 Å². The van der Waals surface area contributed by atoms with Gasteiger partial charge in [-0.15, -0.1) is 0 Å². The summed E-state index contributed by atoms with van der Waals surface area (Å²) in [6.45, 7) is 13.0. The van der Waals surface area contributed by atoms with Gasteiger partial charge >= 0.3 is 18.0 Å². The summed E-state index contributed by atoms with van der Waals surface area (Å²) in [6, 6.07) is 7.09. The molecular weight excluding hydrogens is 446 g/mol. The van der Waals surface area contributed by atoms with E-state index in [0.717, 1.165) is 5.56 Å². The van der Waals surface area contributed by atoms with E-state index in [4.69, 9.17) is 4.74 Å². The lowest BCUT2D eigenvalue weighted by Crippen LogP contribution is -2.57. The minimum Gasteiger partial charge on any atom is -0.463 e. The van der Waals surface area contributed by atoms with Crippen LogP contribution in [0.2, 0.25) is 0 Å². The summed E-state index contributed by atoms with van der Waals surface area (Å²) in [6.07, 6.45) is 0. The number of hydrogen-bond donors (Lipinski definition) is 2. The molecule has 0 bridgehead atoms. The second-order valence-electron chi connectivity index (χ2n) is 9.46. The maximum Gasteiger partial charge on any atom is 0.338 e. The van der Waals surface area contributed by atoms with Gasteiger partial charge in [-0.25, -0.2) is 14.4 Å². The largest absolute Gasteiger partial charge is 0.463 e. The SMILES string of the molecule is CCNC(=O)N1CCN(CC2=C(C(=O)OCC)[C@H](c3ccc(C(C)C)cc3)NC(=O)N2C)C[C@H]1C. The van der Waals surface area contributed by atoms with Gasteiger partial charge in [0.25, 0.3) is 0 Å². The Labute approximate surface area is 208 Å². The van der Waals surface area contributed by atoms with E-state index in [1.165, 1.54) is 10.5 Å². The number of likely N-dealkylation sites (N-methyl/N-ethyl adjacent to an activating group) is 1. The van der Waals surface area contributed by atoms with Gasteiger partial charge in [-0.2, -0.15) is 0 Å². The zero-order valence-electron chi connectivity index (χ0n) is 21.8. The number of esters is 1. The molecule has 2 aliphatic rings. The first-order chi connectivity index (χ1) is 16.7. The normalized spacial score (nSPS) is 21.3. The van der Waals surface area contributed by atoms with E-state index in [1.807, 2.05) is 43.0 Å². The van der Waals surface area contributed by atoms with Gasteiger partial charge in [0.2, 0.25) is 0 Å². The standard InChI is InChI=1S/C26H39N5O4/c1-7-27-25(33)31-14-13-30(15-18(31)5)16-21-22(24(32)35-8-2)23(28-26(34)29(21)6)20-11-9-19(10-12-20)17(3)4/h9-12,17-18,23H,7-8,13-16H2,1-6H3,(H,27,33)(H,28,34)/t18-,23+/m1/s1. The molecule has 0 radical (unpaired) electrons. The van der Waals surface area contributed by atoms with Crippen molar-refractivity contribution in [3.05, 3.63) is 46.7 Å². The minimum absolute atomic E-state index is 0.00374. The van der Waals surface area contributed by atoms with Crippen LogP contribution in [0.15, 0.2) is 35.5 Å². The highest BCUT2D eigenvalue weighted by atomic mass is 16.5. The summed E-state index contributed by atoms with van der Waals surface area (Å²) in [7, 11) is 1.68. The number of nitrogens with zero attached hydrogens (tertiary/aromatic N) is 3. The fourth-order valence-corrected chi connectivity index (χ4v) is 4.66. The molecule has 35 heavy (non-hydrogen) atoms. The lowest BCUT2D eigenvalue weighted by atomic mass is 9.92. The molecule has 4 amide bonds. The van der Waals surface area contributed by atoms with Crippen molar-refractivity contribution in [2.24, 2.45) is 0 Å². The number of carbonyl (C=O) groups excluding carboxylic acids is 3. The molecule has 9 nitrogen and oxygen atoms in total. The van der Waals surface area contributed by atoms with Crippen LogP contribution < -0.4 is 10.6 Å². The number of nitrogens with one attached hydrogen (secondary N) is 2. The summed E-state index contributed by atoms with van der Waals surface area (Å²) in [4.78, 5) is 44.0. The van der Waals surface area contributed by atoms with Crippen molar-refractivity contribution in [3.8, 4) is 0 Å². The molecule has 2 heterocycles. The number of piperazine rings is 1. The van der Waals surface area contributed by atoms with E-state index in [9.17, 15) is 14.4 Å². The molecular formula is C26H39N5O4. The number of amides is 4. The molecule has 3 rings (SSSR count). The summed E-state index contributed by atoms with van der Waals surface area (Å²) in [5, 5.41) is 5.84. The first-order valence-corrected chi connectivity index (χ1v) is 12.5. The second-order valence-corrected chi connectivity index (χ2v) is 9.46. The van der Waals surface area contributed by atoms with Crippen LogP contribution in [-0.2, 0) is 9.53 Å². The van der Waals surface area contributed by atoms with Gasteiger partial charge in [0.15, 0.2) is 0 Å². The van der Waals surface area contributed by atoms with Gasteiger partial charge in [-0.1, -0.05) is 38.1 Å². The van der Waals surface area contributed by atoms with Crippen LogP contribution in [0.4, 0.5) is 9.59 Å².